The van der Waals surface area contributed by atoms with E-state index in [1.54, 1.807) is 12.1 Å². The first kappa shape index (κ1) is 15.4. The monoisotopic (exact) mass is 416 g/mol. The zero-order valence-electron chi connectivity index (χ0n) is 10.2. The molecule has 0 radical (unpaired) electrons. The summed E-state index contributed by atoms with van der Waals surface area (Å²) in [5.41, 5.74) is 6.89. The van der Waals surface area contributed by atoms with Crippen molar-refractivity contribution in [1.29, 1.82) is 0 Å². The molecule has 0 saturated heterocycles. The van der Waals surface area contributed by atoms with E-state index in [-0.39, 0.29) is 0 Å². The van der Waals surface area contributed by atoms with Gasteiger partial charge in [-0.3, -0.25) is 4.79 Å². The molecule has 0 aliphatic heterocycles. The number of para-hydroxylation sites is 1. The quantitative estimate of drug-likeness (QED) is 0.768. The van der Waals surface area contributed by atoms with Crippen LogP contribution in [-0.2, 0) is 4.79 Å². The van der Waals surface area contributed by atoms with Crippen molar-refractivity contribution in [3.05, 3.63) is 62.0 Å². The van der Waals surface area contributed by atoms with Crippen molar-refractivity contribution in [2.75, 3.05) is 5.32 Å². The third kappa shape index (κ3) is 3.53. The third-order valence-corrected chi connectivity index (χ3v) is 4.26. The Bertz CT molecular complexity index is 649. The molecule has 1 atom stereocenters. The number of hydrogen-bond donors (Lipinski definition) is 2. The predicted molar refractivity (Wildman–Crippen MR) is 88.9 cm³/mol. The van der Waals surface area contributed by atoms with Crippen LogP contribution in [0.2, 0.25) is 5.02 Å². The van der Waals surface area contributed by atoms with Crippen LogP contribution in [0.3, 0.4) is 0 Å². The lowest BCUT2D eigenvalue weighted by Gasteiger charge is -2.19. The van der Waals surface area contributed by atoms with E-state index in [0.29, 0.717) is 10.6 Å². The van der Waals surface area contributed by atoms with Gasteiger partial charge in [0.1, 0.15) is 6.04 Å². The highest BCUT2D eigenvalue weighted by atomic mass is 79.9. The lowest BCUT2D eigenvalue weighted by atomic mass is 10.1. The minimum Gasteiger partial charge on any atom is -0.369 e. The topological polar surface area (TPSA) is 55.1 Å². The van der Waals surface area contributed by atoms with Crippen LogP contribution in [0.1, 0.15) is 11.6 Å². The van der Waals surface area contributed by atoms with Crippen molar-refractivity contribution in [3.63, 3.8) is 0 Å². The van der Waals surface area contributed by atoms with E-state index in [0.717, 1.165) is 14.6 Å². The molecule has 3 N–H and O–H groups in total. The number of hydrogen-bond acceptors (Lipinski definition) is 2. The van der Waals surface area contributed by atoms with Gasteiger partial charge in [0.2, 0.25) is 5.91 Å². The number of carbonyl (C=O) groups is 1. The maximum absolute atomic E-state index is 11.7. The second-order valence-electron chi connectivity index (χ2n) is 4.13. The molecule has 20 heavy (non-hydrogen) atoms. The molecule has 2 aromatic carbocycles. The fraction of sp³-hybridized carbons (Fsp3) is 0.0714. The van der Waals surface area contributed by atoms with Gasteiger partial charge in [-0.25, -0.2) is 0 Å². The van der Waals surface area contributed by atoms with E-state index < -0.39 is 11.9 Å². The Balaban J connectivity index is 2.40. The normalized spacial score (nSPS) is 11.9. The number of halogens is 3. The van der Waals surface area contributed by atoms with Crippen LogP contribution in [-0.4, -0.2) is 5.91 Å². The number of nitrogens with one attached hydrogen (secondary N) is 1. The van der Waals surface area contributed by atoms with Gasteiger partial charge in [0.05, 0.1) is 0 Å². The van der Waals surface area contributed by atoms with E-state index in [9.17, 15) is 4.79 Å². The lowest BCUT2D eigenvalue weighted by molar-refractivity contribution is -0.118. The maximum atomic E-state index is 11.7. The summed E-state index contributed by atoms with van der Waals surface area (Å²) in [5.74, 6) is -0.499. The maximum Gasteiger partial charge on any atom is 0.244 e. The minimum atomic E-state index is -0.710. The van der Waals surface area contributed by atoms with E-state index in [2.05, 4.69) is 37.2 Å². The molecule has 1 unspecified atom stereocenters. The molecule has 0 aliphatic carbocycles. The molecule has 2 aromatic rings. The molecule has 104 valence electrons. The predicted octanol–water partition coefficient (Wildman–Crippen LogP) is 4.50. The van der Waals surface area contributed by atoms with Gasteiger partial charge in [-0.1, -0.05) is 39.7 Å². The van der Waals surface area contributed by atoms with Crippen LogP contribution >= 0.6 is 43.5 Å². The highest BCUT2D eigenvalue weighted by Crippen LogP contribution is 2.31. The summed E-state index contributed by atoms with van der Waals surface area (Å²) in [7, 11) is 0. The summed E-state index contributed by atoms with van der Waals surface area (Å²) in [5, 5.41) is 3.59. The SMILES string of the molecule is NC(=O)C(Nc1ccccc1Br)c1cc(Br)ccc1Cl. The zero-order chi connectivity index (χ0) is 14.7. The Hall–Kier alpha value is -1.04. The summed E-state index contributed by atoms with van der Waals surface area (Å²) in [6.07, 6.45) is 0. The first-order valence-electron chi connectivity index (χ1n) is 5.74. The average Bonchev–Trinajstić information content (AvgIpc) is 2.40. The summed E-state index contributed by atoms with van der Waals surface area (Å²) >= 11 is 12.9. The second kappa shape index (κ2) is 6.61. The van der Waals surface area contributed by atoms with Gasteiger partial charge < -0.3 is 11.1 Å². The van der Waals surface area contributed by atoms with Crippen LogP contribution < -0.4 is 11.1 Å². The third-order valence-electron chi connectivity index (χ3n) is 2.73. The van der Waals surface area contributed by atoms with Crippen molar-refractivity contribution in [2.45, 2.75) is 6.04 Å². The van der Waals surface area contributed by atoms with E-state index >= 15 is 0 Å². The zero-order valence-corrected chi connectivity index (χ0v) is 14.2. The highest BCUT2D eigenvalue weighted by molar-refractivity contribution is 9.10. The fourth-order valence-electron chi connectivity index (χ4n) is 1.77. The Kier molecular flexibility index (Phi) is 5.07. The smallest absolute Gasteiger partial charge is 0.244 e. The van der Waals surface area contributed by atoms with Gasteiger partial charge in [0.15, 0.2) is 0 Å². The summed E-state index contributed by atoms with van der Waals surface area (Å²) in [4.78, 5) is 11.7. The van der Waals surface area contributed by atoms with Crippen LogP contribution in [0.15, 0.2) is 51.4 Å². The van der Waals surface area contributed by atoms with Crippen molar-refractivity contribution < 1.29 is 4.79 Å². The summed E-state index contributed by atoms with van der Waals surface area (Å²) in [6.45, 7) is 0. The summed E-state index contributed by atoms with van der Waals surface area (Å²) in [6, 6.07) is 12.1. The van der Waals surface area contributed by atoms with Gasteiger partial charge in [0, 0.05) is 25.2 Å². The van der Waals surface area contributed by atoms with Crippen LogP contribution in [0, 0.1) is 0 Å². The molecule has 1 amide bonds. The van der Waals surface area contributed by atoms with Crippen molar-refractivity contribution in [3.8, 4) is 0 Å². The highest BCUT2D eigenvalue weighted by Gasteiger charge is 2.21. The second-order valence-corrected chi connectivity index (χ2v) is 6.30. The molecular formula is C14H11Br2ClN2O. The van der Waals surface area contributed by atoms with Crippen molar-refractivity contribution in [2.24, 2.45) is 5.73 Å². The van der Waals surface area contributed by atoms with E-state index in [1.165, 1.54) is 0 Å². The average molecular weight is 419 g/mol. The standard InChI is InChI=1S/C14H11Br2ClN2O/c15-8-5-6-11(17)9(7-8)13(14(18)20)19-12-4-2-1-3-10(12)16/h1-7,13,19H,(H2,18,20). The fourth-order valence-corrected chi connectivity index (χ4v) is 2.78. The van der Waals surface area contributed by atoms with Crippen LogP contribution in [0.5, 0.6) is 0 Å². The molecule has 6 heteroatoms. The Labute approximate surface area is 138 Å². The van der Waals surface area contributed by atoms with Gasteiger partial charge in [0.25, 0.3) is 0 Å². The van der Waals surface area contributed by atoms with Gasteiger partial charge in [-0.05, 0) is 46.3 Å². The van der Waals surface area contributed by atoms with Gasteiger partial charge in [-0.15, -0.1) is 0 Å². The molecule has 2 rings (SSSR count). The van der Waals surface area contributed by atoms with Crippen LogP contribution in [0.4, 0.5) is 5.69 Å². The number of benzene rings is 2. The van der Waals surface area contributed by atoms with Crippen LogP contribution in [0.25, 0.3) is 0 Å². The lowest BCUT2D eigenvalue weighted by Crippen LogP contribution is -2.28. The molecule has 0 saturated carbocycles. The van der Waals surface area contributed by atoms with E-state index in [4.69, 9.17) is 17.3 Å². The number of nitrogens with two attached hydrogens (primary N) is 1. The molecule has 0 fully saturated rings. The van der Waals surface area contributed by atoms with Crippen molar-refractivity contribution in [1.82, 2.24) is 0 Å². The first-order chi connectivity index (χ1) is 9.49. The largest absolute Gasteiger partial charge is 0.369 e. The first-order valence-corrected chi connectivity index (χ1v) is 7.71. The Morgan fingerprint density at radius 1 is 1.20 bits per heavy atom. The number of rotatable bonds is 4. The van der Waals surface area contributed by atoms with Gasteiger partial charge in [-0.2, -0.15) is 0 Å². The Morgan fingerprint density at radius 2 is 1.90 bits per heavy atom. The molecule has 0 aromatic heterocycles. The molecule has 0 heterocycles. The van der Waals surface area contributed by atoms with E-state index in [1.807, 2.05) is 30.3 Å². The molecular weight excluding hydrogens is 407 g/mol. The Morgan fingerprint density at radius 3 is 2.55 bits per heavy atom. The number of carbonyl (C=O) groups excluding carboxylic acids is 1. The minimum absolute atomic E-state index is 0.483. The molecule has 3 nitrogen and oxygen atoms in total. The molecule has 0 bridgehead atoms. The van der Waals surface area contributed by atoms with Gasteiger partial charge >= 0.3 is 0 Å². The van der Waals surface area contributed by atoms with Crippen molar-refractivity contribution >= 4 is 55.1 Å². The number of primary amides is 1. The number of amides is 1. The molecule has 0 spiro atoms. The summed E-state index contributed by atoms with van der Waals surface area (Å²) < 4.78 is 1.68. The molecule has 0 aliphatic rings. The number of anilines is 1.